The second kappa shape index (κ2) is 5.75. The predicted octanol–water partition coefficient (Wildman–Crippen LogP) is 3.64. The Morgan fingerprint density at radius 1 is 1.29 bits per heavy atom. The van der Waals surface area contributed by atoms with Gasteiger partial charge >= 0.3 is 0 Å². The lowest BCUT2D eigenvalue weighted by atomic mass is 9.96. The molecule has 1 aliphatic heterocycles. The molecule has 108 valence electrons. The fourth-order valence-electron chi connectivity index (χ4n) is 3.11. The average molecular weight is 279 g/mol. The highest BCUT2D eigenvalue weighted by Gasteiger charge is 2.24. The van der Waals surface area contributed by atoms with Crippen molar-refractivity contribution in [2.45, 2.75) is 32.7 Å². The summed E-state index contributed by atoms with van der Waals surface area (Å²) in [6.45, 7) is 6.19. The van der Waals surface area contributed by atoms with Crippen LogP contribution in [-0.4, -0.2) is 29.0 Å². The van der Waals surface area contributed by atoms with E-state index in [1.807, 2.05) is 0 Å². The largest absolute Gasteiger partial charge is 0.361 e. The van der Waals surface area contributed by atoms with Gasteiger partial charge in [0.05, 0.1) is 6.07 Å². The number of nitrogens with one attached hydrogen (secondary N) is 1. The zero-order valence-corrected chi connectivity index (χ0v) is 12.7. The first-order valence-corrected chi connectivity index (χ1v) is 7.53. The van der Waals surface area contributed by atoms with Gasteiger partial charge in [0, 0.05) is 30.2 Å². The van der Waals surface area contributed by atoms with Crippen LogP contribution in [0.3, 0.4) is 0 Å². The van der Waals surface area contributed by atoms with Gasteiger partial charge in [0.1, 0.15) is 6.04 Å². The van der Waals surface area contributed by atoms with E-state index in [0.29, 0.717) is 0 Å². The van der Waals surface area contributed by atoms with Crippen LogP contribution in [0, 0.1) is 11.3 Å². The summed E-state index contributed by atoms with van der Waals surface area (Å²) in [5, 5.41) is 10.7. The second-order valence-electron chi connectivity index (χ2n) is 5.99. The number of fused-ring (bicyclic) bond motifs is 1. The number of H-pyrrole nitrogens is 1. The summed E-state index contributed by atoms with van der Waals surface area (Å²) in [6.07, 6.45) is 3.97. The van der Waals surface area contributed by atoms with Gasteiger partial charge in [-0.25, -0.2) is 0 Å². The fraction of sp³-hybridized carbons (Fsp3) is 0.389. The third kappa shape index (κ3) is 2.72. The van der Waals surface area contributed by atoms with Crippen molar-refractivity contribution in [1.82, 2.24) is 9.88 Å². The highest BCUT2D eigenvalue weighted by molar-refractivity contribution is 5.83. The first kappa shape index (κ1) is 13.9. The summed E-state index contributed by atoms with van der Waals surface area (Å²) in [6, 6.07) is 10.9. The molecule has 3 heteroatoms. The quantitative estimate of drug-likeness (QED) is 0.872. The molecule has 1 aliphatic rings. The summed E-state index contributed by atoms with van der Waals surface area (Å²) in [4.78, 5) is 5.63. The first-order valence-electron chi connectivity index (χ1n) is 7.53. The number of nitriles is 1. The molecule has 1 aromatic heterocycles. The van der Waals surface area contributed by atoms with Gasteiger partial charge in [0.25, 0.3) is 0 Å². The maximum atomic E-state index is 9.37. The fourth-order valence-corrected chi connectivity index (χ4v) is 3.11. The Kier molecular flexibility index (Phi) is 3.81. The van der Waals surface area contributed by atoms with E-state index in [-0.39, 0.29) is 6.04 Å². The van der Waals surface area contributed by atoms with Crippen molar-refractivity contribution in [3.8, 4) is 6.07 Å². The summed E-state index contributed by atoms with van der Waals surface area (Å²) in [5.74, 6) is 0. The molecule has 2 aromatic rings. The predicted molar refractivity (Wildman–Crippen MR) is 86.0 cm³/mol. The van der Waals surface area contributed by atoms with Crippen LogP contribution in [-0.2, 0) is 6.42 Å². The second-order valence-corrected chi connectivity index (χ2v) is 5.99. The molecule has 0 spiro atoms. The van der Waals surface area contributed by atoms with Gasteiger partial charge < -0.3 is 4.98 Å². The monoisotopic (exact) mass is 279 g/mol. The number of benzene rings is 1. The zero-order valence-electron chi connectivity index (χ0n) is 12.7. The molecule has 1 N–H and O–H groups in total. The molecule has 1 atom stereocenters. The van der Waals surface area contributed by atoms with Crippen LogP contribution in [0.5, 0.6) is 0 Å². The van der Waals surface area contributed by atoms with Gasteiger partial charge in [-0.3, -0.25) is 4.90 Å². The molecule has 0 bridgehead atoms. The minimum atomic E-state index is 0.0268. The van der Waals surface area contributed by atoms with E-state index in [0.717, 1.165) is 25.9 Å². The smallest absolute Gasteiger partial charge is 0.102 e. The Balaban J connectivity index is 1.74. The summed E-state index contributed by atoms with van der Waals surface area (Å²) in [7, 11) is 0. The highest BCUT2D eigenvalue weighted by atomic mass is 15.2. The molecule has 0 fully saturated rings. The van der Waals surface area contributed by atoms with Crippen molar-refractivity contribution in [3.05, 3.63) is 47.2 Å². The maximum absolute atomic E-state index is 9.37. The SMILES string of the molecule is CC1=C(C)CN(CCc2c[nH]c3ccccc23)[C@H](C#N)C1. The molecule has 0 saturated heterocycles. The van der Waals surface area contributed by atoms with Gasteiger partial charge in [0.2, 0.25) is 0 Å². The molecule has 0 saturated carbocycles. The molecule has 3 nitrogen and oxygen atoms in total. The van der Waals surface area contributed by atoms with E-state index in [2.05, 4.69) is 60.3 Å². The molecular weight excluding hydrogens is 258 g/mol. The maximum Gasteiger partial charge on any atom is 0.102 e. The summed E-state index contributed by atoms with van der Waals surface area (Å²) < 4.78 is 0. The molecule has 1 aromatic carbocycles. The molecule has 0 unspecified atom stereocenters. The number of aromatic nitrogens is 1. The molecule has 21 heavy (non-hydrogen) atoms. The van der Waals surface area contributed by atoms with Crippen LogP contribution in [0.25, 0.3) is 10.9 Å². The van der Waals surface area contributed by atoms with E-state index in [1.54, 1.807) is 0 Å². The number of rotatable bonds is 3. The van der Waals surface area contributed by atoms with E-state index < -0.39 is 0 Å². The van der Waals surface area contributed by atoms with Crippen LogP contribution in [0.15, 0.2) is 41.6 Å². The minimum absolute atomic E-state index is 0.0268. The van der Waals surface area contributed by atoms with E-state index in [4.69, 9.17) is 0 Å². The van der Waals surface area contributed by atoms with E-state index in [1.165, 1.54) is 27.6 Å². The van der Waals surface area contributed by atoms with Gasteiger partial charge in [-0.05, 0) is 38.3 Å². The van der Waals surface area contributed by atoms with Gasteiger partial charge in [-0.2, -0.15) is 5.26 Å². The Hall–Kier alpha value is -2.05. The lowest BCUT2D eigenvalue weighted by Crippen LogP contribution is -2.40. The first-order chi connectivity index (χ1) is 10.2. The normalized spacial score (nSPS) is 20.0. The Morgan fingerprint density at radius 2 is 2.10 bits per heavy atom. The highest BCUT2D eigenvalue weighted by Crippen LogP contribution is 2.24. The zero-order chi connectivity index (χ0) is 14.8. The van der Waals surface area contributed by atoms with Crippen molar-refractivity contribution >= 4 is 10.9 Å². The number of hydrogen-bond donors (Lipinski definition) is 1. The van der Waals surface area contributed by atoms with Crippen molar-refractivity contribution in [3.63, 3.8) is 0 Å². The average Bonchev–Trinajstić information content (AvgIpc) is 2.91. The van der Waals surface area contributed by atoms with Crippen molar-refractivity contribution in [2.24, 2.45) is 0 Å². The minimum Gasteiger partial charge on any atom is -0.361 e. The van der Waals surface area contributed by atoms with Crippen LogP contribution in [0.4, 0.5) is 0 Å². The Bertz CT molecular complexity index is 717. The summed E-state index contributed by atoms with van der Waals surface area (Å²) >= 11 is 0. The molecule has 0 aliphatic carbocycles. The lowest BCUT2D eigenvalue weighted by molar-refractivity contribution is 0.240. The molecule has 3 rings (SSSR count). The number of para-hydroxylation sites is 1. The molecule has 0 radical (unpaired) electrons. The van der Waals surface area contributed by atoms with Crippen LogP contribution in [0.1, 0.15) is 25.8 Å². The molecule has 2 heterocycles. The lowest BCUT2D eigenvalue weighted by Gasteiger charge is -2.32. The van der Waals surface area contributed by atoms with Crippen molar-refractivity contribution < 1.29 is 0 Å². The van der Waals surface area contributed by atoms with E-state index >= 15 is 0 Å². The topological polar surface area (TPSA) is 42.8 Å². The third-order valence-corrected chi connectivity index (χ3v) is 4.60. The van der Waals surface area contributed by atoms with Gasteiger partial charge in [-0.1, -0.05) is 29.3 Å². The number of aromatic amines is 1. The van der Waals surface area contributed by atoms with Crippen molar-refractivity contribution in [2.75, 3.05) is 13.1 Å². The molecular formula is C18H21N3. The van der Waals surface area contributed by atoms with Crippen molar-refractivity contribution in [1.29, 1.82) is 5.26 Å². The summed E-state index contributed by atoms with van der Waals surface area (Å²) in [5.41, 5.74) is 5.33. The Morgan fingerprint density at radius 3 is 2.90 bits per heavy atom. The van der Waals surface area contributed by atoms with Crippen LogP contribution >= 0.6 is 0 Å². The van der Waals surface area contributed by atoms with Gasteiger partial charge in [0.15, 0.2) is 0 Å². The molecule has 0 amide bonds. The van der Waals surface area contributed by atoms with Crippen LogP contribution in [0.2, 0.25) is 0 Å². The standard InChI is InChI=1S/C18H21N3/c1-13-9-16(10-19)21(12-14(13)2)8-7-15-11-20-18-6-4-3-5-17(15)18/h3-6,11,16,20H,7-9,12H2,1-2H3/t16-/m0/s1. The van der Waals surface area contributed by atoms with Gasteiger partial charge in [-0.15, -0.1) is 0 Å². The Labute approximate surface area is 125 Å². The number of hydrogen-bond acceptors (Lipinski definition) is 2. The third-order valence-electron chi connectivity index (χ3n) is 4.60. The van der Waals surface area contributed by atoms with E-state index in [9.17, 15) is 5.26 Å². The van der Waals surface area contributed by atoms with Crippen LogP contribution < -0.4 is 0 Å². The number of nitrogens with zero attached hydrogens (tertiary/aromatic N) is 2.